The van der Waals surface area contributed by atoms with Crippen LogP contribution in [0.15, 0.2) is 30.6 Å². The van der Waals surface area contributed by atoms with Gasteiger partial charge < -0.3 is 4.74 Å². The van der Waals surface area contributed by atoms with E-state index in [2.05, 4.69) is 21.0 Å². The number of fused-ring (bicyclic) bond motifs is 3. The highest BCUT2D eigenvalue weighted by atomic mass is 35.5. The molecule has 2 aliphatic carbocycles. The zero-order valence-corrected chi connectivity index (χ0v) is 20.3. The Hall–Kier alpha value is -2.97. The van der Waals surface area contributed by atoms with Crippen LogP contribution in [0, 0.1) is 19.7 Å². The first kappa shape index (κ1) is 21.3. The van der Waals surface area contributed by atoms with Crippen molar-refractivity contribution in [2.45, 2.75) is 69.6 Å². The molecule has 8 rings (SSSR count). The van der Waals surface area contributed by atoms with Crippen LogP contribution in [0.25, 0.3) is 22.4 Å². The number of aromatic nitrogens is 6. The van der Waals surface area contributed by atoms with Gasteiger partial charge in [-0.1, -0.05) is 11.6 Å². The molecule has 1 unspecified atom stereocenters. The van der Waals surface area contributed by atoms with Gasteiger partial charge in [0.05, 0.1) is 35.3 Å². The largest absolute Gasteiger partial charge is 0.367 e. The molecule has 0 amide bonds. The van der Waals surface area contributed by atoms with E-state index in [4.69, 9.17) is 31.3 Å². The summed E-state index contributed by atoms with van der Waals surface area (Å²) in [6.07, 6.45) is 9.18. The summed E-state index contributed by atoms with van der Waals surface area (Å²) in [5.41, 5.74) is 4.10. The van der Waals surface area contributed by atoms with Crippen molar-refractivity contribution >= 4 is 22.8 Å². The van der Waals surface area contributed by atoms with Crippen LogP contribution >= 0.6 is 11.6 Å². The highest BCUT2D eigenvalue weighted by molar-refractivity contribution is 6.30. The number of halogens is 2. The summed E-state index contributed by atoms with van der Waals surface area (Å²) in [5, 5.41) is 4.92. The summed E-state index contributed by atoms with van der Waals surface area (Å²) in [4.78, 5) is 19.1. The molecule has 1 aromatic carbocycles. The van der Waals surface area contributed by atoms with Crippen molar-refractivity contribution < 1.29 is 9.13 Å². The molecule has 2 saturated heterocycles. The second-order valence-corrected chi connectivity index (χ2v) is 10.6. The normalized spacial score (nSPS) is 25.6. The van der Waals surface area contributed by atoms with E-state index < -0.39 is 5.82 Å². The van der Waals surface area contributed by atoms with Crippen LogP contribution in [0.2, 0.25) is 5.02 Å². The summed E-state index contributed by atoms with van der Waals surface area (Å²) >= 11 is 6.02. The Morgan fingerprint density at radius 3 is 2.66 bits per heavy atom. The molecular formula is C26H24ClFN6O. The molecule has 3 atom stereocenters. The fourth-order valence-corrected chi connectivity index (χ4v) is 5.69. The lowest BCUT2D eigenvalue weighted by Gasteiger charge is -2.54. The van der Waals surface area contributed by atoms with Gasteiger partial charge in [0.15, 0.2) is 5.65 Å². The molecule has 35 heavy (non-hydrogen) atoms. The molecule has 4 aromatic rings. The van der Waals surface area contributed by atoms with Crippen molar-refractivity contribution in [3.63, 3.8) is 0 Å². The Morgan fingerprint density at radius 1 is 1.09 bits per heavy atom. The van der Waals surface area contributed by atoms with Crippen LogP contribution in [-0.2, 0) is 10.3 Å². The minimum absolute atomic E-state index is 0.0636. The average Bonchev–Trinajstić information content (AvgIpc) is 3.55. The molecule has 2 bridgehead atoms. The Bertz CT molecular complexity index is 1490. The van der Waals surface area contributed by atoms with E-state index in [-0.39, 0.29) is 17.6 Å². The SMILES string of the molecule is Cc1nc2nc([C@H]3CC4C[C@](c5cnn(C6CC6)c5)(C3)O4)nc(-c3ccc(Cl)cc3F)c2nc1C. The molecule has 2 saturated carbocycles. The highest BCUT2D eigenvalue weighted by Crippen LogP contribution is 2.56. The number of ether oxygens (including phenoxy) is 1. The van der Waals surface area contributed by atoms with Crippen LogP contribution in [0.4, 0.5) is 4.39 Å². The van der Waals surface area contributed by atoms with Crippen molar-refractivity contribution in [2.24, 2.45) is 0 Å². The van der Waals surface area contributed by atoms with Crippen molar-refractivity contribution in [3.05, 3.63) is 64.2 Å². The zero-order chi connectivity index (χ0) is 23.9. The van der Waals surface area contributed by atoms with E-state index in [0.717, 1.165) is 36.2 Å². The highest BCUT2D eigenvalue weighted by Gasteiger charge is 2.54. The Labute approximate surface area is 206 Å². The molecule has 4 fully saturated rings. The third-order valence-electron chi connectivity index (χ3n) is 7.63. The lowest BCUT2D eigenvalue weighted by molar-refractivity contribution is -0.249. The van der Waals surface area contributed by atoms with Gasteiger partial charge in [0.25, 0.3) is 0 Å². The van der Waals surface area contributed by atoms with E-state index in [0.29, 0.717) is 39.3 Å². The van der Waals surface area contributed by atoms with Gasteiger partial charge in [-0.05, 0) is 57.7 Å². The molecular weight excluding hydrogens is 467 g/mol. The summed E-state index contributed by atoms with van der Waals surface area (Å²) < 4.78 is 23.5. The first-order chi connectivity index (χ1) is 16.9. The first-order valence-corrected chi connectivity index (χ1v) is 12.5. The van der Waals surface area contributed by atoms with Gasteiger partial charge >= 0.3 is 0 Å². The number of hydrogen-bond acceptors (Lipinski definition) is 6. The maximum Gasteiger partial charge on any atom is 0.182 e. The van der Waals surface area contributed by atoms with Gasteiger partial charge in [0.1, 0.15) is 22.9 Å². The maximum atomic E-state index is 15.0. The Morgan fingerprint density at radius 2 is 1.89 bits per heavy atom. The second kappa shape index (κ2) is 7.51. The van der Waals surface area contributed by atoms with Gasteiger partial charge in [-0.25, -0.2) is 24.3 Å². The minimum atomic E-state index is -0.442. The summed E-state index contributed by atoms with van der Waals surface area (Å²) in [7, 11) is 0. The van der Waals surface area contributed by atoms with Crippen LogP contribution in [0.5, 0.6) is 0 Å². The molecule has 0 radical (unpaired) electrons. The fourth-order valence-electron chi connectivity index (χ4n) is 5.53. The van der Waals surface area contributed by atoms with Gasteiger partial charge in [-0.15, -0.1) is 0 Å². The Kier molecular flexibility index (Phi) is 4.58. The van der Waals surface area contributed by atoms with Gasteiger partial charge in [0.2, 0.25) is 0 Å². The van der Waals surface area contributed by atoms with Gasteiger partial charge in [-0.2, -0.15) is 5.10 Å². The number of nitrogens with zero attached hydrogens (tertiary/aromatic N) is 6. The summed E-state index contributed by atoms with van der Waals surface area (Å²) in [6.45, 7) is 3.79. The average molecular weight is 491 g/mol. The minimum Gasteiger partial charge on any atom is -0.367 e. The third-order valence-corrected chi connectivity index (χ3v) is 7.87. The van der Waals surface area contributed by atoms with Crippen LogP contribution < -0.4 is 0 Å². The molecule has 5 heterocycles. The van der Waals surface area contributed by atoms with Crippen molar-refractivity contribution in [1.29, 1.82) is 0 Å². The smallest absolute Gasteiger partial charge is 0.182 e. The second-order valence-electron chi connectivity index (χ2n) is 10.1. The molecule has 9 heteroatoms. The molecule has 178 valence electrons. The lowest BCUT2D eigenvalue weighted by atomic mass is 9.68. The third kappa shape index (κ3) is 3.45. The summed E-state index contributed by atoms with van der Waals surface area (Å²) in [6, 6.07) is 5.14. The van der Waals surface area contributed by atoms with Crippen molar-refractivity contribution in [3.8, 4) is 11.3 Å². The predicted octanol–water partition coefficient (Wildman–Crippen LogP) is 5.59. The van der Waals surface area contributed by atoms with Crippen molar-refractivity contribution in [2.75, 3.05) is 0 Å². The molecule has 0 N–H and O–H groups in total. The van der Waals surface area contributed by atoms with Gasteiger partial charge in [-0.3, -0.25) is 4.68 Å². The quantitative estimate of drug-likeness (QED) is 0.371. The lowest BCUT2D eigenvalue weighted by Crippen LogP contribution is -2.53. The molecule has 4 aliphatic rings. The molecule has 3 aromatic heterocycles. The van der Waals surface area contributed by atoms with E-state index >= 15 is 4.39 Å². The van der Waals surface area contributed by atoms with E-state index in [1.54, 1.807) is 12.1 Å². The van der Waals surface area contributed by atoms with Crippen LogP contribution in [0.3, 0.4) is 0 Å². The maximum absolute atomic E-state index is 15.0. The first-order valence-electron chi connectivity index (χ1n) is 12.1. The predicted molar refractivity (Wildman–Crippen MR) is 129 cm³/mol. The molecule has 7 nitrogen and oxygen atoms in total. The standard InChI is InChI=1S/C26H24ClFN6O/c1-13-14(2)31-25-23(30-13)22(20-6-3-17(27)8-21(20)28)32-24(33-25)15-7-19-10-26(9-15,35-19)16-11-29-34(12-16)18-4-5-18/h3,6,8,11-12,15,18-19H,4-5,7,9-10H2,1-2H3/t15-,19?,26-/m0/s1. The number of rotatable bonds is 4. The fraction of sp³-hybridized carbons (Fsp3) is 0.423. The van der Waals surface area contributed by atoms with E-state index in [1.807, 2.05) is 20.0 Å². The van der Waals surface area contributed by atoms with Crippen LogP contribution in [-0.4, -0.2) is 35.8 Å². The summed E-state index contributed by atoms with van der Waals surface area (Å²) in [5.74, 6) is 0.280. The van der Waals surface area contributed by atoms with E-state index in [9.17, 15) is 0 Å². The molecule has 0 spiro atoms. The number of aryl methyl sites for hydroxylation is 2. The monoisotopic (exact) mass is 490 g/mol. The molecule has 2 aliphatic heterocycles. The van der Waals surface area contributed by atoms with Crippen molar-refractivity contribution in [1.82, 2.24) is 29.7 Å². The Balaban J connectivity index is 1.32. The topological polar surface area (TPSA) is 78.6 Å². The zero-order valence-electron chi connectivity index (χ0n) is 19.5. The van der Waals surface area contributed by atoms with Gasteiger partial charge in [0, 0.05) is 34.7 Å². The van der Waals surface area contributed by atoms with E-state index in [1.165, 1.54) is 18.9 Å². The number of benzene rings is 1. The number of hydrogen-bond donors (Lipinski definition) is 0. The van der Waals surface area contributed by atoms with Crippen LogP contribution in [0.1, 0.15) is 66.8 Å².